The normalized spacial score (nSPS) is 17.7. The third-order valence-electron chi connectivity index (χ3n) is 4.32. The highest BCUT2D eigenvalue weighted by Crippen LogP contribution is 2.23. The molecule has 1 aromatic carbocycles. The zero-order valence-electron chi connectivity index (χ0n) is 15.3. The van der Waals surface area contributed by atoms with Gasteiger partial charge in [-0.3, -0.25) is 9.79 Å². The number of amides is 1. The molecule has 8 heteroatoms. The van der Waals surface area contributed by atoms with Crippen LogP contribution >= 0.6 is 0 Å². The second-order valence-corrected chi connectivity index (χ2v) is 6.90. The number of anilines is 1. The molecule has 2 rings (SSSR count). The van der Waals surface area contributed by atoms with Crippen LogP contribution in [0, 0.1) is 29.3 Å². The van der Waals surface area contributed by atoms with Gasteiger partial charge in [0, 0.05) is 20.1 Å². The summed E-state index contributed by atoms with van der Waals surface area (Å²) in [7, 11) is 1.63. The molecule has 1 aromatic rings. The summed E-state index contributed by atoms with van der Waals surface area (Å²) in [5, 5.41) is 5.15. The van der Waals surface area contributed by atoms with Gasteiger partial charge >= 0.3 is 0 Å². The Morgan fingerprint density at radius 1 is 1.31 bits per heavy atom. The summed E-state index contributed by atoms with van der Waals surface area (Å²) in [5.41, 5.74) is -0.399. The van der Waals surface area contributed by atoms with Crippen molar-refractivity contribution in [2.45, 2.75) is 26.7 Å². The number of likely N-dealkylation sites (tertiary alicyclic amines) is 1. The van der Waals surface area contributed by atoms with Crippen LogP contribution in [-0.4, -0.2) is 43.4 Å². The maximum atomic E-state index is 13.6. The van der Waals surface area contributed by atoms with E-state index >= 15 is 0 Å². The summed E-state index contributed by atoms with van der Waals surface area (Å²) in [4.78, 5) is 18.2. The molecule has 0 radical (unpaired) electrons. The summed E-state index contributed by atoms with van der Waals surface area (Å²) in [6.07, 6.45) is 2.22. The van der Waals surface area contributed by atoms with E-state index in [0.717, 1.165) is 38.1 Å². The summed E-state index contributed by atoms with van der Waals surface area (Å²) >= 11 is 0. The number of carbonyl (C=O) groups excluding carboxylic acids is 1. The molecule has 0 aliphatic carbocycles. The second-order valence-electron chi connectivity index (χ2n) is 6.90. The molecule has 1 atom stereocenters. The SMILES string of the molecule is CN=C(NCC(=O)Nc1ccc(F)c(F)c1F)N1CCC(CC(C)C)C1. The maximum Gasteiger partial charge on any atom is 0.243 e. The number of rotatable bonds is 5. The number of hydrogen-bond donors (Lipinski definition) is 2. The first-order valence-electron chi connectivity index (χ1n) is 8.70. The van der Waals surface area contributed by atoms with Crippen molar-refractivity contribution in [2.75, 3.05) is 32.0 Å². The molecule has 2 N–H and O–H groups in total. The standard InChI is InChI=1S/C18H25F3N4O/c1-11(2)8-12-6-7-25(10-12)18(22-3)23-9-15(26)24-14-5-4-13(19)16(20)17(14)21/h4-5,11-12H,6-10H2,1-3H3,(H,22,23)(H,24,26). The van der Waals surface area contributed by atoms with Gasteiger partial charge in [0.1, 0.15) is 0 Å². The predicted octanol–water partition coefficient (Wildman–Crippen LogP) is 2.99. The van der Waals surface area contributed by atoms with Gasteiger partial charge in [-0.15, -0.1) is 0 Å². The largest absolute Gasteiger partial charge is 0.347 e. The number of nitrogens with one attached hydrogen (secondary N) is 2. The van der Waals surface area contributed by atoms with Gasteiger partial charge in [0.2, 0.25) is 5.91 Å². The predicted molar refractivity (Wildman–Crippen MR) is 95.4 cm³/mol. The Labute approximate surface area is 151 Å². The molecule has 144 valence electrons. The van der Waals surface area contributed by atoms with Crippen LogP contribution in [0.3, 0.4) is 0 Å². The van der Waals surface area contributed by atoms with Crippen LogP contribution in [-0.2, 0) is 4.79 Å². The van der Waals surface area contributed by atoms with Crippen molar-refractivity contribution in [2.24, 2.45) is 16.8 Å². The number of aliphatic imine (C=N–C) groups is 1. The van der Waals surface area contributed by atoms with Crippen molar-refractivity contribution in [1.29, 1.82) is 0 Å². The van der Waals surface area contributed by atoms with Crippen LogP contribution in [0.4, 0.5) is 18.9 Å². The summed E-state index contributed by atoms with van der Waals surface area (Å²) in [5.74, 6) is -3.08. The maximum absolute atomic E-state index is 13.6. The molecule has 5 nitrogen and oxygen atoms in total. The lowest BCUT2D eigenvalue weighted by atomic mass is 9.97. The monoisotopic (exact) mass is 370 g/mol. The fourth-order valence-electron chi connectivity index (χ4n) is 3.19. The first-order valence-corrected chi connectivity index (χ1v) is 8.70. The van der Waals surface area contributed by atoms with E-state index in [9.17, 15) is 18.0 Å². The van der Waals surface area contributed by atoms with Gasteiger partial charge in [-0.25, -0.2) is 13.2 Å². The molecule has 0 bridgehead atoms. The van der Waals surface area contributed by atoms with Gasteiger partial charge in [0.25, 0.3) is 0 Å². The van der Waals surface area contributed by atoms with Gasteiger partial charge in [-0.2, -0.15) is 0 Å². The Morgan fingerprint density at radius 2 is 2.04 bits per heavy atom. The first kappa shape index (κ1) is 20.1. The third kappa shape index (κ3) is 5.12. The minimum Gasteiger partial charge on any atom is -0.347 e. The average molecular weight is 370 g/mol. The van der Waals surface area contributed by atoms with E-state index in [4.69, 9.17) is 0 Å². The Kier molecular flexibility index (Phi) is 6.88. The molecule has 1 aliphatic rings. The molecule has 1 aliphatic heterocycles. The third-order valence-corrected chi connectivity index (χ3v) is 4.32. The number of nitrogens with zero attached hydrogens (tertiary/aromatic N) is 2. The lowest BCUT2D eigenvalue weighted by molar-refractivity contribution is -0.115. The molecule has 0 aromatic heterocycles. The van der Waals surface area contributed by atoms with Crippen LogP contribution in [0.15, 0.2) is 17.1 Å². The lowest BCUT2D eigenvalue weighted by Crippen LogP contribution is -2.43. The minimum absolute atomic E-state index is 0.156. The Balaban J connectivity index is 1.87. The van der Waals surface area contributed by atoms with E-state index in [-0.39, 0.29) is 6.54 Å². The van der Waals surface area contributed by atoms with Crippen molar-refractivity contribution < 1.29 is 18.0 Å². The zero-order valence-corrected chi connectivity index (χ0v) is 15.3. The van der Waals surface area contributed by atoms with Crippen LogP contribution in [0.1, 0.15) is 26.7 Å². The van der Waals surface area contributed by atoms with E-state index in [1.165, 1.54) is 0 Å². The second kappa shape index (κ2) is 8.91. The highest BCUT2D eigenvalue weighted by Gasteiger charge is 2.25. The smallest absolute Gasteiger partial charge is 0.243 e. The summed E-state index contributed by atoms with van der Waals surface area (Å²) in [6, 6.07) is 1.75. The van der Waals surface area contributed by atoms with Gasteiger partial charge in [-0.05, 0) is 36.8 Å². The number of benzene rings is 1. The molecular formula is C18H25F3N4O. The van der Waals surface area contributed by atoms with Crippen LogP contribution in [0.25, 0.3) is 0 Å². The van der Waals surface area contributed by atoms with Gasteiger partial charge < -0.3 is 15.5 Å². The van der Waals surface area contributed by atoms with Gasteiger partial charge in [0.05, 0.1) is 12.2 Å². The fraction of sp³-hybridized carbons (Fsp3) is 0.556. The van der Waals surface area contributed by atoms with Crippen molar-refractivity contribution in [3.8, 4) is 0 Å². The first-order chi connectivity index (χ1) is 12.3. The van der Waals surface area contributed by atoms with Gasteiger partial charge in [-0.1, -0.05) is 13.8 Å². The van der Waals surface area contributed by atoms with Crippen LogP contribution in [0.2, 0.25) is 0 Å². The molecular weight excluding hydrogens is 345 g/mol. The Hall–Kier alpha value is -2.25. The zero-order chi connectivity index (χ0) is 19.3. The summed E-state index contributed by atoms with van der Waals surface area (Å²) in [6.45, 7) is 5.96. The molecule has 26 heavy (non-hydrogen) atoms. The van der Waals surface area contributed by atoms with Crippen molar-refractivity contribution in [3.05, 3.63) is 29.6 Å². The Bertz CT molecular complexity index is 679. The topological polar surface area (TPSA) is 56.7 Å². The quantitative estimate of drug-likeness (QED) is 0.476. The number of carbonyl (C=O) groups is 1. The molecule has 1 amide bonds. The molecule has 0 spiro atoms. The molecule has 1 unspecified atom stereocenters. The molecule has 1 saturated heterocycles. The van der Waals surface area contributed by atoms with Crippen molar-refractivity contribution >= 4 is 17.6 Å². The van der Waals surface area contributed by atoms with E-state index in [0.29, 0.717) is 17.8 Å². The summed E-state index contributed by atoms with van der Waals surface area (Å²) < 4.78 is 39.7. The highest BCUT2D eigenvalue weighted by atomic mass is 19.2. The van der Waals surface area contributed by atoms with E-state index in [1.54, 1.807) is 7.05 Å². The molecule has 1 heterocycles. The van der Waals surface area contributed by atoms with Gasteiger partial charge in [0.15, 0.2) is 23.4 Å². The highest BCUT2D eigenvalue weighted by molar-refractivity contribution is 5.95. The lowest BCUT2D eigenvalue weighted by Gasteiger charge is -2.22. The number of guanidine groups is 1. The van der Waals surface area contributed by atoms with Crippen molar-refractivity contribution in [1.82, 2.24) is 10.2 Å². The number of hydrogen-bond acceptors (Lipinski definition) is 2. The number of halogens is 3. The van der Waals surface area contributed by atoms with Crippen LogP contribution in [0.5, 0.6) is 0 Å². The minimum atomic E-state index is -1.61. The van der Waals surface area contributed by atoms with Crippen LogP contribution < -0.4 is 10.6 Å². The van der Waals surface area contributed by atoms with E-state index in [1.807, 2.05) is 0 Å². The van der Waals surface area contributed by atoms with E-state index in [2.05, 4.69) is 34.4 Å². The molecule has 1 fully saturated rings. The molecule has 0 saturated carbocycles. The Morgan fingerprint density at radius 3 is 2.69 bits per heavy atom. The van der Waals surface area contributed by atoms with Crippen molar-refractivity contribution in [3.63, 3.8) is 0 Å². The van der Waals surface area contributed by atoms with E-state index < -0.39 is 29.0 Å². The average Bonchev–Trinajstić information content (AvgIpc) is 3.03. The fourth-order valence-corrected chi connectivity index (χ4v) is 3.19.